The molecule has 1 fully saturated rings. The van der Waals surface area contributed by atoms with E-state index in [9.17, 15) is 34.8 Å². The summed E-state index contributed by atoms with van der Waals surface area (Å²) in [5, 5.41) is 0. The zero-order valence-corrected chi connectivity index (χ0v) is 19.3. The van der Waals surface area contributed by atoms with Crippen LogP contribution in [0.25, 0.3) is 0 Å². The second-order valence-corrected chi connectivity index (χ2v) is 11.8. The molecule has 0 aromatic heterocycles. The fourth-order valence-corrected chi connectivity index (χ4v) is 5.15. The molecule has 0 aromatic rings. The van der Waals surface area contributed by atoms with E-state index in [0.717, 1.165) is 23.8 Å². The third kappa shape index (κ3) is 5.79. The van der Waals surface area contributed by atoms with Gasteiger partial charge in [0.2, 0.25) is 6.67 Å². The van der Waals surface area contributed by atoms with Gasteiger partial charge in [-0.15, -0.1) is 4.65 Å². The van der Waals surface area contributed by atoms with E-state index < -0.39 is 54.9 Å². The number of nitrogens with zero attached hydrogens (tertiary/aromatic N) is 4. The molecule has 2 atom stereocenters. The molecule has 2 heterocycles. The van der Waals surface area contributed by atoms with E-state index in [0.29, 0.717) is 4.31 Å². The first-order valence-corrected chi connectivity index (χ1v) is 11.9. The molecule has 2 aliphatic rings. The van der Waals surface area contributed by atoms with Crippen LogP contribution in [0.2, 0.25) is 0 Å². The Kier molecular flexibility index (Phi) is 6.67. The number of alkyl halides is 3. The topological polar surface area (TPSA) is 114 Å². The van der Waals surface area contributed by atoms with Crippen molar-refractivity contribution in [2.24, 2.45) is 0 Å². The SMILES string of the molecule is CC1CN(S(=O)(=O)N2C=C[N@@+](C)(OS(=O)(=O)C(F)(F)F)C2)CCN1C(=O)OC(C)(C)C. The maximum absolute atomic E-state index is 12.9. The second-order valence-electron chi connectivity index (χ2n) is 8.36. The highest BCUT2D eigenvalue weighted by Gasteiger charge is 2.54. The predicted octanol–water partition coefficient (Wildman–Crippen LogP) is 1.14. The van der Waals surface area contributed by atoms with Crippen molar-refractivity contribution in [1.82, 2.24) is 13.5 Å². The lowest BCUT2D eigenvalue weighted by Gasteiger charge is -2.40. The average Bonchev–Trinajstić information content (AvgIpc) is 2.93. The van der Waals surface area contributed by atoms with Crippen LogP contribution >= 0.6 is 0 Å². The summed E-state index contributed by atoms with van der Waals surface area (Å²) in [6.07, 6.45) is 1.22. The van der Waals surface area contributed by atoms with Crippen molar-refractivity contribution in [3.63, 3.8) is 0 Å². The number of halogens is 3. The molecule has 31 heavy (non-hydrogen) atoms. The van der Waals surface area contributed by atoms with Gasteiger partial charge in [0.05, 0.1) is 6.20 Å². The number of amides is 1. The predicted molar refractivity (Wildman–Crippen MR) is 101 cm³/mol. The maximum atomic E-state index is 12.9. The Balaban J connectivity index is 2.08. The summed E-state index contributed by atoms with van der Waals surface area (Å²) in [6.45, 7) is 5.88. The monoisotopic (exact) mass is 495 g/mol. The first-order valence-electron chi connectivity index (χ1n) is 9.11. The van der Waals surface area contributed by atoms with Gasteiger partial charge in [-0.05, 0) is 27.7 Å². The number of hydrogen-bond donors (Lipinski definition) is 0. The van der Waals surface area contributed by atoms with Crippen molar-refractivity contribution >= 4 is 26.4 Å². The summed E-state index contributed by atoms with van der Waals surface area (Å²) in [5.41, 5.74) is -6.37. The zero-order chi connectivity index (χ0) is 24.0. The molecule has 0 radical (unpaired) electrons. The third-order valence-corrected chi connectivity index (χ3v) is 7.28. The molecule has 0 bridgehead atoms. The van der Waals surface area contributed by atoms with E-state index in [-0.39, 0.29) is 19.6 Å². The molecule has 180 valence electrons. The summed E-state index contributed by atoms with van der Waals surface area (Å²) in [5.74, 6) is 0. The van der Waals surface area contributed by atoms with Crippen LogP contribution in [0.1, 0.15) is 27.7 Å². The van der Waals surface area contributed by atoms with Crippen LogP contribution in [0.4, 0.5) is 18.0 Å². The minimum Gasteiger partial charge on any atom is -0.444 e. The maximum Gasteiger partial charge on any atom is 0.528 e. The first kappa shape index (κ1) is 25.6. The average molecular weight is 496 g/mol. The smallest absolute Gasteiger partial charge is 0.444 e. The number of rotatable bonds is 4. The molecule has 2 rings (SSSR count). The van der Waals surface area contributed by atoms with Gasteiger partial charge in [-0.25, -0.2) is 9.10 Å². The van der Waals surface area contributed by atoms with Gasteiger partial charge in [0.25, 0.3) is 0 Å². The fourth-order valence-electron chi connectivity index (χ4n) is 2.92. The Bertz CT molecular complexity index is 947. The van der Waals surface area contributed by atoms with Gasteiger partial charge in [-0.2, -0.15) is 34.3 Å². The van der Waals surface area contributed by atoms with Crippen molar-refractivity contribution < 1.29 is 48.5 Å². The number of piperazine rings is 1. The van der Waals surface area contributed by atoms with E-state index in [4.69, 9.17) is 4.74 Å². The zero-order valence-electron chi connectivity index (χ0n) is 17.7. The number of ether oxygens (including phenoxy) is 1. The minimum absolute atomic E-state index is 0.0396. The Labute approximate surface area is 179 Å². The highest BCUT2D eigenvalue weighted by Crippen LogP contribution is 2.31. The van der Waals surface area contributed by atoms with Gasteiger partial charge in [0, 0.05) is 25.7 Å². The summed E-state index contributed by atoms with van der Waals surface area (Å²) in [6, 6.07) is -0.535. The van der Waals surface area contributed by atoms with Crippen LogP contribution in [0.5, 0.6) is 0 Å². The van der Waals surface area contributed by atoms with Crippen LogP contribution in [0, 0.1) is 0 Å². The van der Waals surface area contributed by atoms with E-state index in [1.807, 2.05) is 0 Å². The highest BCUT2D eigenvalue weighted by atomic mass is 32.2. The molecule has 0 saturated carbocycles. The summed E-state index contributed by atoms with van der Waals surface area (Å²) >= 11 is 0. The van der Waals surface area contributed by atoms with Crippen LogP contribution in [-0.4, -0.2) is 91.6 Å². The molecule has 0 aliphatic carbocycles. The number of quaternary nitrogens is 1. The quantitative estimate of drug-likeness (QED) is 0.425. The normalized spacial score (nSPS) is 26.4. The molecule has 1 amide bonds. The molecule has 0 spiro atoms. The number of hydroxylamine groups is 3. The molecular formula is C15H26F3N4O7S2+. The number of carbonyl (C=O) groups is 1. The molecule has 2 aliphatic heterocycles. The van der Waals surface area contributed by atoms with Crippen molar-refractivity contribution in [3.8, 4) is 0 Å². The summed E-state index contributed by atoms with van der Waals surface area (Å²) in [4.78, 5) is 13.7. The Morgan fingerprint density at radius 2 is 1.71 bits per heavy atom. The van der Waals surface area contributed by atoms with E-state index in [2.05, 4.69) is 4.28 Å². The standard InChI is InChI=1S/C15H26F3N4O7S2/c1-12-10-19(6-7-21(12)13(23)28-14(2,3)4)31(26,27)20-8-9-22(5,11-20)29-30(24,25)15(16,17)18/h8-9,12H,6-7,10-11H2,1-5H3/q+1/t12?,22-/m1/s1. The van der Waals surface area contributed by atoms with Gasteiger partial charge in [0.1, 0.15) is 18.8 Å². The third-order valence-electron chi connectivity index (χ3n) is 4.36. The van der Waals surface area contributed by atoms with Gasteiger partial charge in [0.15, 0.2) is 0 Å². The molecule has 1 unspecified atom stereocenters. The largest absolute Gasteiger partial charge is 0.528 e. The van der Waals surface area contributed by atoms with Crippen LogP contribution in [0.15, 0.2) is 12.4 Å². The molecule has 0 N–H and O–H groups in total. The van der Waals surface area contributed by atoms with Gasteiger partial charge in [-0.3, -0.25) is 0 Å². The van der Waals surface area contributed by atoms with E-state index >= 15 is 0 Å². The van der Waals surface area contributed by atoms with Crippen LogP contribution in [0.3, 0.4) is 0 Å². The fraction of sp³-hybridized carbons (Fsp3) is 0.800. The van der Waals surface area contributed by atoms with Crippen LogP contribution in [-0.2, 0) is 29.3 Å². The first-order chi connectivity index (χ1) is 13.8. The summed E-state index contributed by atoms with van der Waals surface area (Å²) in [7, 11) is -9.19. The molecule has 11 nitrogen and oxygen atoms in total. The number of hydrogen-bond acceptors (Lipinski definition) is 7. The molecule has 0 aromatic carbocycles. The Morgan fingerprint density at radius 1 is 1.13 bits per heavy atom. The van der Waals surface area contributed by atoms with Gasteiger partial charge < -0.3 is 9.64 Å². The lowest BCUT2D eigenvalue weighted by atomic mass is 10.2. The lowest BCUT2D eigenvalue weighted by Crippen LogP contribution is -2.58. The van der Waals surface area contributed by atoms with Crippen molar-refractivity contribution in [2.75, 3.05) is 33.4 Å². The number of carbonyl (C=O) groups excluding carboxylic acids is 1. The Morgan fingerprint density at radius 3 is 2.19 bits per heavy atom. The molecule has 16 heteroatoms. The summed E-state index contributed by atoms with van der Waals surface area (Å²) < 4.78 is 96.2. The van der Waals surface area contributed by atoms with E-state index in [1.165, 1.54) is 4.90 Å². The highest BCUT2D eigenvalue weighted by molar-refractivity contribution is 7.87. The van der Waals surface area contributed by atoms with Crippen molar-refractivity contribution in [3.05, 3.63) is 12.4 Å². The molecule has 1 saturated heterocycles. The Hall–Kier alpha value is -1.62. The van der Waals surface area contributed by atoms with Crippen LogP contribution < -0.4 is 0 Å². The molecular weight excluding hydrogens is 469 g/mol. The van der Waals surface area contributed by atoms with Gasteiger partial charge >= 0.3 is 31.9 Å². The van der Waals surface area contributed by atoms with Gasteiger partial charge in [-0.1, -0.05) is 4.28 Å². The van der Waals surface area contributed by atoms with Crippen molar-refractivity contribution in [1.29, 1.82) is 0 Å². The van der Waals surface area contributed by atoms with Crippen molar-refractivity contribution in [2.45, 2.75) is 44.8 Å². The lowest BCUT2D eigenvalue weighted by molar-refractivity contribution is -1.02. The van der Waals surface area contributed by atoms with E-state index in [1.54, 1.807) is 27.7 Å². The second kappa shape index (κ2) is 8.06. The minimum atomic E-state index is -5.95.